The highest BCUT2D eigenvalue weighted by molar-refractivity contribution is 5.81. The summed E-state index contributed by atoms with van der Waals surface area (Å²) in [6.07, 6.45) is 34.4. The second-order valence-electron chi connectivity index (χ2n) is 33.6. The van der Waals surface area contributed by atoms with E-state index in [9.17, 15) is 4.79 Å². The standard InChI is InChI=1S/C18H36O5.C17H33NO4.C17H34O4.C16H33NO3.C16H32O4/c1-18(2,3)23-16-14-21-12-10-19-9-11-20-13-15-22-17-7-5-4-6-8-17;1-17(2,3)16(19)18-9-10-20-11-12-21-13-14-22-15-7-5-4-6-8-15;1-17(2,3)15-20-12-11-18-9-10-19-13-14-21-16-7-5-4-6-8-16;1-16(2,3)17-9-10-18-11-12-19-13-14-20-15-7-5-4-6-8-15;1-16(2,3)20-14-12-18-10-9-17-11-13-19-15-7-5-4-6-8-15/h17H,4-16H2,1-3H3;15H,4-14H2,1-3H3,(H,18,19);16H,4-15H2,1-3H3;15,17H,4-14H2,1-3H3;15H,4-14H2,1-3H3. The summed E-state index contributed by atoms with van der Waals surface area (Å²) in [6.45, 7) is 52.3. The number of ether oxygens (including phenoxy) is 19. The second kappa shape index (κ2) is 69.2. The van der Waals surface area contributed by atoms with E-state index in [4.69, 9.17) is 90.0 Å². The van der Waals surface area contributed by atoms with Crippen LogP contribution in [0.1, 0.15) is 264 Å². The van der Waals surface area contributed by atoms with Gasteiger partial charge in [-0.3, -0.25) is 4.79 Å². The molecule has 106 heavy (non-hydrogen) atoms. The fourth-order valence-electron chi connectivity index (χ4n) is 11.7. The van der Waals surface area contributed by atoms with Crippen LogP contribution in [-0.2, 0) is 94.8 Å². The van der Waals surface area contributed by atoms with Gasteiger partial charge in [-0.15, -0.1) is 0 Å². The van der Waals surface area contributed by atoms with Crippen molar-refractivity contribution in [2.75, 3.05) is 218 Å². The molecular weight excluding hydrogens is 1360 g/mol. The first-order valence-corrected chi connectivity index (χ1v) is 42.1. The minimum atomic E-state index is -0.346. The van der Waals surface area contributed by atoms with E-state index in [2.05, 4.69) is 52.2 Å². The van der Waals surface area contributed by atoms with E-state index in [0.717, 1.165) is 26.4 Å². The number of hydrogen-bond acceptors (Lipinski definition) is 21. The summed E-state index contributed by atoms with van der Waals surface area (Å²) >= 11 is 0. The quantitative estimate of drug-likeness (QED) is 0.0541. The molecule has 0 aromatic rings. The second-order valence-corrected chi connectivity index (χ2v) is 33.6. The first-order valence-electron chi connectivity index (χ1n) is 42.1. The Kier molecular flexibility index (Phi) is 67.0. The van der Waals surface area contributed by atoms with Gasteiger partial charge in [0.05, 0.1) is 247 Å². The van der Waals surface area contributed by atoms with Crippen molar-refractivity contribution in [3.63, 3.8) is 0 Å². The van der Waals surface area contributed by atoms with Crippen LogP contribution in [0.25, 0.3) is 0 Å². The van der Waals surface area contributed by atoms with E-state index in [1.165, 1.54) is 161 Å². The molecule has 22 heteroatoms. The summed E-state index contributed by atoms with van der Waals surface area (Å²) in [5.41, 5.74) is -0.145. The van der Waals surface area contributed by atoms with Gasteiger partial charge in [0, 0.05) is 24.0 Å². The third kappa shape index (κ3) is 76.6. The molecule has 0 heterocycles. The number of hydrogen-bond donors (Lipinski definition) is 2. The Morgan fingerprint density at radius 2 is 0.462 bits per heavy atom. The number of amides is 1. The lowest BCUT2D eigenvalue weighted by atomic mass is 9.96. The van der Waals surface area contributed by atoms with Crippen LogP contribution in [0, 0.1) is 10.8 Å². The van der Waals surface area contributed by atoms with Crippen molar-refractivity contribution in [1.29, 1.82) is 0 Å². The number of nitrogens with one attached hydrogen (secondary N) is 2. The van der Waals surface area contributed by atoms with Gasteiger partial charge >= 0.3 is 0 Å². The van der Waals surface area contributed by atoms with Crippen LogP contribution in [0.5, 0.6) is 0 Å². The third-order valence-electron chi connectivity index (χ3n) is 17.4. The topological polar surface area (TPSA) is 216 Å². The Labute approximate surface area is 648 Å². The molecule has 1 amide bonds. The molecule has 0 spiro atoms. The summed E-state index contributed by atoms with van der Waals surface area (Å²) in [6, 6.07) is 0. The molecule has 2 N–H and O–H groups in total. The molecule has 634 valence electrons. The zero-order valence-electron chi connectivity index (χ0n) is 71.1. The van der Waals surface area contributed by atoms with E-state index in [1.54, 1.807) is 0 Å². The molecule has 0 unspecified atom stereocenters. The van der Waals surface area contributed by atoms with Crippen LogP contribution in [-0.4, -0.2) is 271 Å². The minimum absolute atomic E-state index is 0.0483. The number of carbonyl (C=O) groups excluding carboxylic acids is 1. The lowest BCUT2D eigenvalue weighted by Gasteiger charge is -2.21. The Morgan fingerprint density at radius 1 is 0.255 bits per heavy atom. The Hall–Kier alpha value is -1.33. The lowest BCUT2D eigenvalue weighted by molar-refractivity contribution is -0.128. The van der Waals surface area contributed by atoms with Gasteiger partial charge in [-0.25, -0.2) is 0 Å². The fourth-order valence-corrected chi connectivity index (χ4v) is 11.7. The predicted octanol–water partition coefficient (Wildman–Crippen LogP) is 15.1. The highest BCUT2D eigenvalue weighted by Crippen LogP contribution is 2.24. The number of carbonyl (C=O) groups is 1. The molecular formula is C84H168N2O20. The first kappa shape index (κ1) is 103. The molecule has 0 radical (unpaired) electrons. The molecule has 0 saturated heterocycles. The van der Waals surface area contributed by atoms with Gasteiger partial charge in [-0.1, -0.05) is 138 Å². The molecule has 22 nitrogen and oxygen atoms in total. The maximum atomic E-state index is 11.6. The first-order chi connectivity index (χ1) is 50.8. The summed E-state index contributed by atoms with van der Waals surface area (Å²) in [7, 11) is 0. The molecule has 5 aliphatic rings. The van der Waals surface area contributed by atoms with E-state index in [-0.39, 0.29) is 33.5 Å². The van der Waals surface area contributed by atoms with E-state index in [1.807, 2.05) is 62.3 Å². The SMILES string of the molecule is CC(C)(C)C(=O)NCCOCCOCCOC1CCCCC1.CC(C)(C)COCCOCCOCCOC1CCCCC1.CC(C)(C)NCCOCCOCCOC1CCCCC1.CC(C)(C)OCCOCCOCCOC1CCCCC1.CC(C)(C)OCCOCCOCCOCCOC1CCCCC1. The Balaban J connectivity index is 0.000000663. The van der Waals surface area contributed by atoms with Gasteiger partial charge in [0.15, 0.2) is 0 Å². The van der Waals surface area contributed by atoms with Crippen molar-refractivity contribution < 1.29 is 94.8 Å². The maximum absolute atomic E-state index is 11.6. The van der Waals surface area contributed by atoms with Crippen molar-refractivity contribution in [2.24, 2.45) is 10.8 Å². The van der Waals surface area contributed by atoms with Crippen LogP contribution in [0.2, 0.25) is 0 Å². The van der Waals surface area contributed by atoms with Crippen molar-refractivity contribution in [2.45, 2.75) is 312 Å². The van der Waals surface area contributed by atoms with E-state index >= 15 is 0 Å². The molecule has 0 bridgehead atoms. The van der Waals surface area contributed by atoms with Crippen molar-refractivity contribution in [1.82, 2.24) is 10.6 Å². The van der Waals surface area contributed by atoms with Crippen LogP contribution < -0.4 is 10.6 Å². The van der Waals surface area contributed by atoms with Crippen LogP contribution in [0.4, 0.5) is 0 Å². The predicted molar refractivity (Wildman–Crippen MR) is 425 cm³/mol. The monoisotopic (exact) mass is 1530 g/mol. The minimum Gasteiger partial charge on any atom is -0.379 e. The lowest BCUT2D eigenvalue weighted by Crippen LogP contribution is -2.38. The molecule has 5 aliphatic carbocycles. The third-order valence-corrected chi connectivity index (χ3v) is 17.4. The summed E-state index contributed by atoms with van der Waals surface area (Å²) < 4.78 is 106. The van der Waals surface area contributed by atoms with E-state index < -0.39 is 0 Å². The summed E-state index contributed by atoms with van der Waals surface area (Å²) in [5.74, 6) is 0.0483. The van der Waals surface area contributed by atoms with Crippen molar-refractivity contribution in [3.05, 3.63) is 0 Å². The summed E-state index contributed by atoms with van der Waals surface area (Å²) in [5, 5.41) is 6.23. The Bertz CT molecular complexity index is 1780. The molecule has 0 aromatic carbocycles. The molecule has 5 rings (SSSR count). The van der Waals surface area contributed by atoms with Crippen molar-refractivity contribution in [3.8, 4) is 0 Å². The molecule has 5 saturated carbocycles. The van der Waals surface area contributed by atoms with Crippen LogP contribution in [0.3, 0.4) is 0 Å². The van der Waals surface area contributed by atoms with Crippen LogP contribution in [0.15, 0.2) is 0 Å². The maximum Gasteiger partial charge on any atom is 0.225 e. The molecule has 5 fully saturated rings. The van der Waals surface area contributed by atoms with E-state index in [0.29, 0.717) is 222 Å². The zero-order chi connectivity index (χ0) is 77.8. The van der Waals surface area contributed by atoms with Crippen LogP contribution >= 0.6 is 0 Å². The van der Waals surface area contributed by atoms with Gasteiger partial charge in [-0.05, 0) is 132 Å². The average molecular weight is 1530 g/mol. The van der Waals surface area contributed by atoms with Gasteiger partial charge in [-0.2, -0.15) is 0 Å². The Morgan fingerprint density at radius 3 is 0.679 bits per heavy atom. The van der Waals surface area contributed by atoms with Crippen molar-refractivity contribution >= 4 is 5.91 Å². The van der Waals surface area contributed by atoms with Gasteiger partial charge in [0.1, 0.15) is 0 Å². The normalized spacial score (nSPS) is 17.2. The molecule has 0 atom stereocenters. The molecule has 0 aromatic heterocycles. The fraction of sp³-hybridized carbons (Fsp3) is 0.988. The highest BCUT2D eigenvalue weighted by Gasteiger charge is 2.22. The zero-order valence-corrected chi connectivity index (χ0v) is 71.1. The number of rotatable bonds is 54. The smallest absolute Gasteiger partial charge is 0.225 e. The average Bonchev–Trinajstić information content (AvgIpc) is 1.11. The van der Waals surface area contributed by atoms with Gasteiger partial charge in [0.25, 0.3) is 0 Å². The largest absolute Gasteiger partial charge is 0.379 e. The van der Waals surface area contributed by atoms with Gasteiger partial charge < -0.3 is 101 Å². The summed E-state index contributed by atoms with van der Waals surface area (Å²) in [4.78, 5) is 11.6. The van der Waals surface area contributed by atoms with Gasteiger partial charge in [0.2, 0.25) is 5.91 Å². The highest BCUT2D eigenvalue weighted by atomic mass is 16.6. The molecule has 0 aliphatic heterocycles.